The summed E-state index contributed by atoms with van der Waals surface area (Å²) in [5, 5.41) is 0. The summed E-state index contributed by atoms with van der Waals surface area (Å²) in [5.41, 5.74) is -15.6. The number of rotatable bonds is 0. The molecule has 3 aliphatic carbocycles. The van der Waals surface area contributed by atoms with Gasteiger partial charge in [-0.3, -0.25) is 0 Å². The molecular weight excluding hydrogens is 396 g/mol. The molecule has 2 saturated carbocycles. The van der Waals surface area contributed by atoms with E-state index in [-0.39, 0.29) is 0 Å². The van der Waals surface area contributed by atoms with Crippen LogP contribution in [-0.2, 0) is 0 Å². The van der Waals surface area contributed by atoms with E-state index >= 15 is 8.78 Å². The quantitative estimate of drug-likeness (QED) is 0.518. The van der Waals surface area contributed by atoms with Crippen LogP contribution in [0.5, 0.6) is 0 Å². The van der Waals surface area contributed by atoms with Crippen molar-refractivity contribution in [3.8, 4) is 0 Å². The van der Waals surface area contributed by atoms with Crippen LogP contribution in [0.25, 0.3) is 0 Å². The van der Waals surface area contributed by atoms with Crippen LogP contribution in [0.15, 0.2) is 22.8 Å². The summed E-state index contributed by atoms with van der Waals surface area (Å²) in [4.78, 5) is 0. The van der Waals surface area contributed by atoms with Gasteiger partial charge in [0.05, 0.1) is 0 Å². The Morgan fingerprint density at radius 3 is 1.04 bits per heavy atom. The zero-order chi connectivity index (χ0) is 19.9. The van der Waals surface area contributed by atoms with Crippen LogP contribution in [0, 0.1) is 0 Å². The number of alkyl halides is 10. The molecule has 26 heavy (non-hydrogen) atoms. The Bertz CT molecular complexity index is 631. The SMILES string of the molecule is FC1=C2C(F)C(F)C(F)C(F)C2(F)C2(F)C(=C1F)C(F)C(F)C(F)C2F. The number of fused-ring (bicyclic) bond motifs is 3. The van der Waals surface area contributed by atoms with Crippen molar-refractivity contribution in [3.63, 3.8) is 0 Å². The molecule has 0 aromatic carbocycles. The van der Waals surface area contributed by atoms with Crippen LogP contribution < -0.4 is 0 Å². The molecule has 0 N–H and O–H groups in total. The highest BCUT2D eigenvalue weighted by Crippen LogP contribution is 2.63. The van der Waals surface area contributed by atoms with Crippen LogP contribution in [0.1, 0.15) is 0 Å². The molecule has 10 unspecified atom stereocenters. The Balaban J connectivity index is 2.39. The topological polar surface area (TPSA) is 0 Å². The molecule has 3 rings (SSSR count). The molecule has 0 bridgehead atoms. The van der Waals surface area contributed by atoms with E-state index in [0.717, 1.165) is 0 Å². The fourth-order valence-corrected chi connectivity index (χ4v) is 3.69. The monoisotopic (exact) mass is 404 g/mol. The molecule has 0 amide bonds. The van der Waals surface area contributed by atoms with Crippen LogP contribution in [0.3, 0.4) is 0 Å². The first-order chi connectivity index (χ1) is 11.8. The van der Waals surface area contributed by atoms with E-state index < -0.39 is 83.5 Å². The van der Waals surface area contributed by atoms with Gasteiger partial charge < -0.3 is 0 Å². The smallest absolute Gasteiger partial charge is 0.212 e. The van der Waals surface area contributed by atoms with E-state index in [1.165, 1.54) is 0 Å². The maximum Gasteiger partial charge on any atom is 0.212 e. The van der Waals surface area contributed by atoms with E-state index in [4.69, 9.17) is 0 Å². The summed E-state index contributed by atoms with van der Waals surface area (Å²) >= 11 is 0. The highest BCUT2D eigenvalue weighted by molar-refractivity contribution is 5.56. The van der Waals surface area contributed by atoms with Gasteiger partial charge in [0, 0.05) is 11.1 Å². The van der Waals surface area contributed by atoms with Crippen molar-refractivity contribution < 1.29 is 52.7 Å². The predicted molar refractivity (Wildman–Crippen MR) is 63.1 cm³/mol. The zero-order valence-electron chi connectivity index (χ0n) is 12.2. The average Bonchev–Trinajstić information content (AvgIpc) is 2.60. The van der Waals surface area contributed by atoms with Gasteiger partial charge in [-0.2, -0.15) is 0 Å². The third-order valence-corrected chi connectivity index (χ3v) is 5.02. The first-order valence-electron chi connectivity index (χ1n) is 7.16. The van der Waals surface area contributed by atoms with Crippen molar-refractivity contribution in [1.82, 2.24) is 0 Å². The lowest BCUT2D eigenvalue weighted by Gasteiger charge is -2.54. The number of hydrogen-bond acceptors (Lipinski definition) is 0. The summed E-state index contributed by atoms with van der Waals surface area (Å²) in [6, 6.07) is 0. The van der Waals surface area contributed by atoms with Gasteiger partial charge in [0.15, 0.2) is 61.0 Å². The molecule has 12 heteroatoms. The maximum atomic E-state index is 15.2. The van der Waals surface area contributed by atoms with Crippen LogP contribution in [0.2, 0.25) is 0 Å². The minimum atomic E-state index is -5.18. The summed E-state index contributed by atoms with van der Waals surface area (Å²) in [7, 11) is 0. The first kappa shape index (κ1) is 19.4. The van der Waals surface area contributed by atoms with E-state index in [0.29, 0.717) is 0 Å². The number of halogens is 12. The Morgan fingerprint density at radius 2 is 0.769 bits per heavy atom. The maximum absolute atomic E-state index is 15.2. The molecule has 0 heterocycles. The third kappa shape index (κ3) is 1.85. The second-order valence-corrected chi connectivity index (χ2v) is 6.26. The fourth-order valence-electron chi connectivity index (χ4n) is 3.69. The van der Waals surface area contributed by atoms with E-state index in [9.17, 15) is 43.9 Å². The summed E-state index contributed by atoms with van der Waals surface area (Å²) in [6.07, 6.45) is -31.0. The van der Waals surface area contributed by atoms with Gasteiger partial charge in [0.25, 0.3) is 0 Å². The van der Waals surface area contributed by atoms with E-state index in [2.05, 4.69) is 0 Å². The second-order valence-electron chi connectivity index (χ2n) is 6.26. The van der Waals surface area contributed by atoms with Crippen molar-refractivity contribution >= 4 is 0 Å². The highest BCUT2D eigenvalue weighted by atomic mass is 19.2. The normalized spacial score (nSPS) is 54.9. The van der Waals surface area contributed by atoms with Gasteiger partial charge in [-0.1, -0.05) is 0 Å². The van der Waals surface area contributed by atoms with Crippen molar-refractivity contribution in [2.75, 3.05) is 0 Å². The lowest BCUT2D eigenvalue weighted by molar-refractivity contribution is -0.178. The molecule has 0 aromatic rings. The van der Waals surface area contributed by atoms with Gasteiger partial charge in [0.1, 0.15) is 0 Å². The average molecular weight is 404 g/mol. The summed E-state index contributed by atoms with van der Waals surface area (Å²) < 4.78 is 168. The van der Waals surface area contributed by atoms with E-state index in [1.807, 2.05) is 0 Å². The molecule has 148 valence electrons. The molecule has 3 aliphatic rings. The number of hydrogen-bond donors (Lipinski definition) is 0. The van der Waals surface area contributed by atoms with Crippen LogP contribution >= 0.6 is 0 Å². The van der Waals surface area contributed by atoms with Crippen LogP contribution in [0.4, 0.5) is 52.7 Å². The van der Waals surface area contributed by atoms with Crippen molar-refractivity contribution in [1.29, 1.82) is 0 Å². The standard InChI is InChI=1S/C14H8F12/c15-3-1-5(17)7(19)9(21)11(23)13(1,25)14(26)2(4(3)16)6(18)8(20)10(22)12(14)24/h5-12H. The molecule has 0 spiro atoms. The molecule has 0 radical (unpaired) electrons. The van der Waals surface area contributed by atoms with Gasteiger partial charge in [-0.05, 0) is 0 Å². The van der Waals surface area contributed by atoms with Crippen molar-refractivity contribution in [3.05, 3.63) is 22.8 Å². The summed E-state index contributed by atoms with van der Waals surface area (Å²) in [5.74, 6) is -5.72. The van der Waals surface area contributed by atoms with Crippen molar-refractivity contribution in [2.24, 2.45) is 0 Å². The minimum absolute atomic E-state index is 2.63. The molecule has 0 aliphatic heterocycles. The summed E-state index contributed by atoms with van der Waals surface area (Å²) in [6.45, 7) is 0. The molecule has 2 fully saturated rings. The highest BCUT2D eigenvalue weighted by Gasteiger charge is 2.80. The Hall–Kier alpha value is -1.36. The largest absolute Gasteiger partial charge is 0.241 e. The van der Waals surface area contributed by atoms with Gasteiger partial charge >= 0.3 is 0 Å². The van der Waals surface area contributed by atoms with E-state index in [1.54, 1.807) is 0 Å². The predicted octanol–water partition coefficient (Wildman–Crippen LogP) is 4.60. The Labute approximate surface area is 137 Å². The van der Waals surface area contributed by atoms with Crippen molar-refractivity contribution in [2.45, 2.75) is 60.7 Å². The molecular formula is C14H8F12. The van der Waals surface area contributed by atoms with Gasteiger partial charge in [-0.15, -0.1) is 0 Å². The zero-order valence-corrected chi connectivity index (χ0v) is 12.2. The Kier molecular flexibility index (Phi) is 4.16. The van der Waals surface area contributed by atoms with Crippen LogP contribution in [-0.4, -0.2) is 60.7 Å². The lowest BCUT2D eigenvalue weighted by atomic mass is 9.58. The Morgan fingerprint density at radius 1 is 0.500 bits per heavy atom. The molecule has 0 nitrogen and oxygen atoms in total. The molecule has 10 atom stereocenters. The fraction of sp³-hybridized carbons (Fsp3) is 0.714. The number of allylic oxidation sites excluding steroid dienone is 4. The molecule has 0 saturated heterocycles. The lowest BCUT2D eigenvalue weighted by Crippen LogP contribution is -2.74. The molecule has 0 aromatic heterocycles. The second kappa shape index (κ2) is 5.57. The first-order valence-corrected chi connectivity index (χ1v) is 7.16. The van der Waals surface area contributed by atoms with Gasteiger partial charge in [-0.25, -0.2) is 52.7 Å². The van der Waals surface area contributed by atoms with Gasteiger partial charge in [0.2, 0.25) is 11.3 Å². The minimum Gasteiger partial charge on any atom is -0.241 e. The third-order valence-electron chi connectivity index (χ3n) is 5.02.